The zero-order chi connectivity index (χ0) is 13.2. The summed E-state index contributed by atoms with van der Waals surface area (Å²) in [6.07, 6.45) is 9.61. The normalized spacial score (nSPS) is 31.0. The molecule has 0 saturated heterocycles. The predicted octanol–water partition coefficient (Wildman–Crippen LogP) is 2.45. The van der Waals surface area contributed by atoms with Crippen molar-refractivity contribution in [2.24, 2.45) is 23.5 Å². The first kappa shape index (κ1) is 13.1. The SMILES string of the molecule is CN(CC1CC2CCC1C2)C(CN)c1ccncc1. The summed E-state index contributed by atoms with van der Waals surface area (Å²) in [5.74, 6) is 2.92. The summed E-state index contributed by atoms with van der Waals surface area (Å²) in [4.78, 5) is 6.56. The minimum absolute atomic E-state index is 0.335. The van der Waals surface area contributed by atoms with E-state index in [9.17, 15) is 0 Å². The van der Waals surface area contributed by atoms with Gasteiger partial charge in [-0.25, -0.2) is 0 Å². The van der Waals surface area contributed by atoms with Crippen molar-refractivity contribution in [2.75, 3.05) is 20.1 Å². The first-order valence-electron chi connectivity index (χ1n) is 7.58. The Balaban J connectivity index is 1.64. The standard InChI is InChI=1S/C16H25N3/c1-19(11-15-9-12-2-3-14(15)8-12)16(10-17)13-4-6-18-7-5-13/h4-7,12,14-16H,2-3,8-11,17H2,1H3. The molecule has 2 saturated carbocycles. The van der Waals surface area contributed by atoms with Crippen LogP contribution in [0.1, 0.15) is 37.3 Å². The van der Waals surface area contributed by atoms with Gasteiger partial charge in [0.15, 0.2) is 0 Å². The maximum Gasteiger partial charge on any atom is 0.0468 e. The maximum absolute atomic E-state index is 5.99. The van der Waals surface area contributed by atoms with Crippen molar-refractivity contribution >= 4 is 0 Å². The second-order valence-electron chi connectivity index (χ2n) is 6.41. The molecule has 2 fully saturated rings. The minimum atomic E-state index is 0.335. The number of nitrogens with zero attached hydrogens (tertiary/aromatic N) is 2. The van der Waals surface area contributed by atoms with Gasteiger partial charge in [0.25, 0.3) is 0 Å². The zero-order valence-electron chi connectivity index (χ0n) is 11.8. The van der Waals surface area contributed by atoms with Crippen molar-refractivity contribution in [2.45, 2.75) is 31.7 Å². The number of aromatic nitrogens is 1. The molecule has 104 valence electrons. The molecule has 2 aliphatic rings. The predicted molar refractivity (Wildman–Crippen MR) is 77.6 cm³/mol. The third-order valence-corrected chi connectivity index (χ3v) is 5.25. The van der Waals surface area contributed by atoms with Crippen LogP contribution in [0.5, 0.6) is 0 Å². The number of likely N-dealkylation sites (N-methyl/N-ethyl adjacent to an activating group) is 1. The molecule has 4 unspecified atom stereocenters. The Morgan fingerprint density at radius 1 is 1.32 bits per heavy atom. The molecule has 1 aromatic heterocycles. The molecule has 2 aliphatic carbocycles. The highest BCUT2D eigenvalue weighted by atomic mass is 15.1. The molecule has 2 bridgehead atoms. The van der Waals surface area contributed by atoms with E-state index < -0.39 is 0 Å². The first-order chi connectivity index (χ1) is 9.28. The van der Waals surface area contributed by atoms with Crippen molar-refractivity contribution < 1.29 is 0 Å². The first-order valence-corrected chi connectivity index (χ1v) is 7.58. The highest BCUT2D eigenvalue weighted by Crippen LogP contribution is 2.48. The van der Waals surface area contributed by atoms with Crippen LogP contribution < -0.4 is 5.73 Å². The fourth-order valence-corrected chi connectivity index (χ4v) is 4.25. The van der Waals surface area contributed by atoms with Gasteiger partial charge in [-0.3, -0.25) is 9.88 Å². The van der Waals surface area contributed by atoms with Crippen molar-refractivity contribution in [3.05, 3.63) is 30.1 Å². The lowest BCUT2D eigenvalue weighted by Gasteiger charge is -2.32. The molecule has 4 atom stereocenters. The number of fused-ring (bicyclic) bond motifs is 2. The molecule has 1 heterocycles. The van der Waals surface area contributed by atoms with Gasteiger partial charge >= 0.3 is 0 Å². The minimum Gasteiger partial charge on any atom is -0.329 e. The molecule has 0 spiro atoms. The lowest BCUT2D eigenvalue weighted by atomic mass is 9.88. The van der Waals surface area contributed by atoms with Gasteiger partial charge < -0.3 is 5.73 Å². The van der Waals surface area contributed by atoms with Gasteiger partial charge in [-0.2, -0.15) is 0 Å². The smallest absolute Gasteiger partial charge is 0.0468 e. The molecular weight excluding hydrogens is 234 g/mol. The maximum atomic E-state index is 5.99. The number of pyridine rings is 1. The lowest BCUT2D eigenvalue weighted by Crippen LogP contribution is -2.35. The van der Waals surface area contributed by atoms with E-state index in [1.165, 1.54) is 37.8 Å². The third-order valence-electron chi connectivity index (χ3n) is 5.25. The van der Waals surface area contributed by atoms with E-state index in [2.05, 4.69) is 29.1 Å². The van der Waals surface area contributed by atoms with Crippen LogP contribution in [-0.2, 0) is 0 Å². The Kier molecular flexibility index (Phi) is 3.85. The van der Waals surface area contributed by atoms with Crippen LogP contribution >= 0.6 is 0 Å². The molecule has 0 aliphatic heterocycles. The highest BCUT2D eigenvalue weighted by Gasteiger charge is 2.40. The monoisotopic (exact) mass is 259 g/mol. The third kappa shape index (κ3) is 2.67. The van der Waals surface area contributed by atoms with Gasteiger partial charge in [0, 0.05) is 31.5 Å². The molecule has 0 radical (unpaired) electrons. The molecule has 1 aromatic rings. The molecule has 2 N–H and O–H groups in total. The number of hydrogen-bond acceptors (Lipinski definition) is 3. The Morgan fingerprint density at radius 2 is 2.11 bits per heavy atom. The summed E-state index contributed by atoms with van der Waals surface area (Å²) < 4.78 is 0. The molecule has 0 amide bonds. The molecule has 0 aromatic carbocycles. The largest absolute Gasteiger partial charge is 0.329 e. The fourth-order valence-electron chi connectivity index (χ4n) is 4.25. The second-order valence-corrected chi connectivity index (χ2v) is 6.41. The summed E-state index contributed by atoms with van der Waals surface area (Å²) in [5.41, 5.74) is 7.29. The van der Waals surface area contributed by atoms with Crippen LogP contribution in [0.25, 0.3) is 0 Å². The van der Waals surface area contributed by atoms with Crippen LogP contribution in [0.2, 0.25) is 0 Å². The molecule has 3 nitrogen and oxygen atoms in total. The summed E-state index contributed by atoms with van der Waals surface area (Å²) in [6, 6.07) is 4.52. The van der Waals surface area contributed by atoms with Gasteiger partial charge in [0.2, 0.25) is 0 Å². The molecular formula is C16H25N3. The molecule has 3 rings (SSSR count). The zero-order valence-corrected chi connectivity index (χ0v) is 11.8. The summed E-state index contributed by atoms with van der Waals surface area (Å²) >= 11 is 0. The van der Waals surface area contributed by atoms with Gasteiger partial charge in [-0.1, -0.05) is 6.42 Å². The fraction of sp³-hybridized carbons (Fsp3) is 0.688. The van der Waals surface area contributed by atoms with Crippen LogP contribution in [0.3, 0.4) is 0 Å². The van der Waals surface area contributed by atoms with Gasteiger partial charge in [-0.05, 0) is 61.8 Å². The van der Waals surface area contributed by atoms with Crippen molar-refractivity contribution in [3.8, 4) is 0 Å². The molecule has 3 heteroatoms. The Labute approximate surface area is 116 Å². The van der Waals surface area contributed by atoms with E-state index in [4.69, 9.17) is 5.73 Å². The van der Waals surface area contributed by atoms with Crippen LogP contribution in [0.4, 0.5) is 0 Å². The summed E-state index contributed by atoms with van der Waals surface area (Å²) in [5, 5.41) is 0. The molecule has 19 heavy (non-hydrogen) atoms. The van der Waals surface area contributed by atoms with Crippen LogP contribution in [0, 0.1) is 17.8 Å². The Hall–Kier alpha value is -0.930. The van der Waals surface area contributed by atoms with E-state index in [0.29, 0.717) is 12.6 Å². The lowest BCUT2D eigenvalue weighted by molar-refractivity contribution is 0.176. The van der Waals surface area contributed by atoms with Gasteiger partial charge in [-0.15, -0.1) is 0 Å². The highest BCUT2D eigenvalue weighted by molar-refractivity contribution is 5.15. The number of hydrogen-bond donors (Lipinski definition) is 1. The van der Waals surface area contributed by atoms with Crippen molar-refractivity contribution in [1.29, 1.82) is 0 Å². The second kappa shape index (κ2) is 5.59. The van der Waals surface area contributed by atoms with E-state index in [1.54, 1.807) is 0 Å². The van der Waals surface area contributed by atoms with Crippen molar-refractivity contribution in [3.63, 3.8) is 0 Å². The van der Waals surface area contributed by atoms with Gasteiger partial charge in [0.1, 0.15) is 0 Å². The average molecular weight is 259 g/mol. The number of nitrogens with two attached hydrogens (primary N) is 1. The Bertz CT molecular complexity index is 406. The average Bonchev–Trinajstić information content (AvgIpc) is 3.03. The topological polar surface area (TPSA) is 42.1 Å². The van der Waals surface area contributed by atoms with Crippen LogP contribution in [0.15, 0.2) is 24.5 Å². The Morgan fingerprint density at radius 3 is 2.68 bits per heavy atom. The van der Waals surface area contributed by atoms with Crippen LogP contribution in [-0.4, -0.2) is 30.0 Å². The van der Waals surface area contributed by atoms with E-state index in [0.717, 1.165) is 17.8 Å². The van der Waals surface area contributed by atoms with Gasteiger partial charge in [0.05, 0.1) is 0 Å². The van der Waals surface area contributed by atoms with E-state index in [-0.39, 0.29) is 0 Å². The van der Waals surface area contributed by atoms with Crippen molar-refractivity contribution in [1.82, 2.24) is 9.88 Å². The quantitative estimate of drug-likeness (QED) is 0.883. The summed E-state index contributed by atoms with van der Waals surface area (Å²) in [7, 11) is 2.23. The van der Waals surface area contributed by atoms with E-state index in [1.807, 2.05) is 12.4 Å². The summed E-state index contributed by atoms with van der Waals surface area (Å²) in [6.45, 7) is 1.88. The number of rotatable bonds is 5. The van der Waals surface area contributed by atoms with E-state index >= 15 is 0 Å².